The van der Waals surface area contributed by atoms with Crippen LogP contribution in [0.15, 0.2) is 35.1 Å². The summed E-state index contributed by atoms with van der Waals surface area (Å²) in [6.45, 7) is 2.05. The maximum Gasteiger partial charge on any atom is 0.255 e. The zero-order valence-electron chi connectivity index (χ0n) is 10.9. The predicted octanol–water partition coefficient (Wildman–Crippen LogP) is 4.10. The fraction of sp³-hybridized carbons (Fsp3) is 0.214. The van der Waals surface area contributed by atoms with Gasteiger partial charge in [0.15, 0.2) is 0 Å². The van der Waals surface area contributed by atoms with Crippen molar-refractivity contribution < 1.29 is 4.79 Å². The maximum absolute atomic E-state index is 12.2. The van der Waals surface area contributed by atoms with E-state index in [2.05, 4.69) is 38.1 Å². The summed E-state index contributed by atoms with van der Waals surface area (Å²) in [5, 5.41) is 3.11. The summed E-state index contributed by atoms with van der Waals surface area (Å²) in [7, 11) is 0. The molecule has 104 valence electrons. The molecule has 2 heterocycles. The summed E-state index contributed by atoms with van der Waals surface area (Å²) in [4.78, 5) is 20.5. The number of amides is 1. The molecular weight excluding hydrogens is 342 g/mol. The fourth-order valence-corrected chi connectivity index (χ4v) is 2.32. The van der Waals surface area contributed by atoms with Gasteiger partial charge >= 0.3 is 0 Å². The number of carbonyl (C=O) groups is 1. The quantitative estimate of drug-likeness (QED) is 0.841. The van der Waals surface area contributed by atoms with Crippen LogP contribution < -0.4 is 5.32 Å². The zero-order valence-corrected chi connectivity index (χ0v) is 13.2. The van der Waals surface area contributed by atoms with Crippen molar-refractivity contribution in [2.45, 2.75) is 19.8 Å². The molecule has 0 spiro atoms. The van der Waals surface area contributed by atoms with E-state index in [-0.39, 0.29) is 5.91 Å². The van der Waals surface area contributed by atoms with Crippen LogP contribution in [0.4, 0.5) is 5.69 Å². The van der Waals surface area contributed by atoms with Gasteiger partial charge in [0.2, 0.25) is 0 Å². The fourth-order valence-electron chi connectivity index (χ4n) is 1.74. The molecule has 0 aromatic carbocycles. The first-order valence-electron chi connectivity index (χ1n) is 6.18. The van der Waals surface area contributed by atoms with Gasteiger partial charge in [-0.3, -0.25) is 4.79 Å². The largest absolute Gasteiger partial charge is 0.320 e. The molecular formula is C14H13BrClN3O. The molecule has 0 aliphatic heterocycles. The Balaban J connectivity index is 2.23. The number of hydrogen-bond acceptors (Lipinski definition) is 3. The van der Waals surface area contributed by atoms with Crippen molar-refractivity contribution in [3.8, 4) is 0 Å². The summed E-state index contributed by atoms with van der Waals surface area (Å²) < 4.78 is 0.585. The van der Waals surface area contributed by atoms with Crippen LogP contribution in [0.25, 0.3) is 0 Å². The lowest BCUT2D eigenvalue weighted by atomic mass is 10.1. The molecule has 2 aromatic heterocycles. The summed E-state index contributed by atoms with van der Waals surface area (Å²) >= 11 is 9.24. The van der Waals surface area contributed by atoms with Crippen molar-refractivity contribution in [2.24, 2.45) is 0 Å². The minimum absolute atomic E-state index is 0.236. The Labute approximate surface area is 130 Å². The molecule has 2 aromatic rings. The third-order valence-electron chi connectivity index (χ3n) is 2.62. The molecule has 6 heteroatoms. The van der Waals surface area contributed by atoms with Crippen molar-refractivity contribution in [1.29, 1.82) is 0 Å². The van der Waals surface area contributed by atoms with Crippen LogP contribution in [-0.4, -0.2) is 15.9 Å². The lowest BCUT2D eigenvalue weighted by Gasteiger charge is -2.08. The number of nitrogens with zero attached hydrogens (tertiary/aromatic N) is 2. The smallest absolute Gasteiger partial charge is 0.255 e. The summed E-state index contributed by atoms with van der Waals surface area (Å²) in [6.07, 6.45) is 3.38. The molecule has 0 saturated heterocycles. The lowest BCUT2D eigenvalue weighted by molar-refractivity contribution is 0.102. The molecule has 0 radical (unpaired) electrons. The van der Waals surface area contributed by atoms with Crippen LogP contribution in [0.5, 0.6) is 0 Å². The lowest BCUT2D eigenvalue weighted by Crippen LogP contribution is -2.13. The van der Waals surface area contributed by atoms with E-state index in [0.717, 1.165) is 18.5 Å². The molecule has 4 nitrogen and oxygen atoms in total. The van der Waals surface area contributed by atoms with E-state index >= 15 is 0 Å². The number of nitrogens with one attached hydrogen (secondary N) is 1. The Bertz CT molecular complexity index is 634. The average Bonchev–Trinajstić information content (AvgIpc) is 2.41. The number of anilines is 1. The van der Waals surface area contributed by atoms with Crippen LogP contribution in [0, 0.1) is 0 Å². The highest BCUT2D eigenvalue weighted by Crippen LogP contribution is 2.20. The van der Waals surface area contributed by atoms with E-state index in [1.165, 1.54) is 0 Å². The first-order valence-corrected chi connectivity index (χ1v) is 7.35. The van der Waals surface area contributed by atoms with E-state index < -0.39 is 0 Å². The van der Waals surface area contributed by atoms with Crippen molar-refractivity contribution in [2.75, 3.05) is 5.32 Å². The Kier molecular flexibility index (Phi) is 5.09. The van der Waals surface area contributed by atoms with E-state index in [4.69, 9.17) is 11.6 Å². The zero-order chi connectivity index (χ0) is 14.5. The number of pyridine rings is 2. The second kappa shape index (κ2) is 6.81. The van der Waals surface area contributed by atoms with Gasteiger partial charge in [-0.05, 0) is 46.6 Å². The topological polar surface area (TPSA) is 54.9 Å². The first kappa shape index (κ1) is 14.9. The van der Waals surface area contributed by atoms with Crippen molar-refractivity contribution in [3.63, 3.8) is 0 Å². The van der Waals surface area contributed by atoms with Gasteiger partial charge in [-0.1, -0.05) is 24.9 Å². The minimum Gasteiger partial charge on any atom is -0.320 e. The number of carbonyl (C=O) groups excluding carboxylic acids is 1. The highest BCUT2D eigenvalue weighted by atomic mass is 79.9. The SMILES string of the molecule is CCCc1cc(C(=O)Nc2cccnc2Br)cc(Cl)n1. The van der Waals surface area contributed by atoms with Crippen molar-refractivity contribution >= 4 is 39.1 Å². The molecule has 0 unspecified atom stereocenters. The van der Waals surface area contributed by atoms with E-state index in [0.29, 0.717) is 21.0 Å². The van der Waals surface area contributed by atoms with Gasteiger partial charge in [0.05, 0.1) is 5.69 Å². The van der Waals surface area contributed by atoms with Gasteiger partial charge in [-0.25, -0.2) is 9.97 Å². The highest BCUT2D eigenvalue weighted by molar-refractivity contribution is 9.10. The number of aryl methyl sites for hydroxylation is 1. The second-order valence-corrected chi connectivity index (χ2v) is 5.35. The first-order chi connectivity index (χ1) is 9.60. The predicted molar refractivity (Wildman–Crippen MR) is 83.1 cm³/mol. The molecule has 2 rings (SSSR count). The van der Waals surface area contributed by atoms with Gasteiger partial charge in [0.25, 0.3) is 5.91 Å². The Morgan fingerprint density at radius 1 is 1.45 bits per heavy atom. The normalized spacial score (nSPS) is 10.3. The van der Waals surface area contributed by atoms with Crippen LogP contribution in [0.1, 0.15) is 29.4 Å². The van der Waals surface area contributed by atoms with Crippen LogP contribution in [0.2, 0.25) is 5.15 Å². The molecule has 0 saturated carbocycles. The Morgan fingerprint density at radius 2 is 2.25 bits per heavy atom. The summed E-state index contributed by atoms with van der Waals surface area (Å²) in [5.74, 6) is -0.236. The van der Waals surface area contributed by atoms with Crippen molar-refractivity contribution in [1.82, 2.24) is 9.97 Å². The van der Waals surface area contributed by atoms with Crippen molar-refractivity contribution in [3.05, 3.63) is 51.5 Å². The molecule has 20 heavy (non-hydrogen) atoms. The Morgan fingerprint density at radius 3 is 2.95 bits per heavy atom. The van der Waals surface area contributed by atoms with Gasteiger partial charge in [-0.15, -0.1) is 0 Å². The Hall–Kier alpha value is -1.46. The van der Waals surface area contributed by atoms with E-state index in [9.17, 15) is 4.79 Å². The van der Waals surface area contributed by atoms with E-state index in [1.807, 2.05) is 0 Å². The highest BCUT2D eigenvalue weighted by Gasteiger charge is 2.11. The minimum atomic E-state index is -0.236. The van der Waals surface area contributed by atoms with Crippen LogP contribution in [0.3, 0.4) is 0 Å². The number of aromatic nitrogens is 2. The van der Waals surface area contributed by atoms with Gasteiger partial charge in [0, 0.05) is 17.5 Å². The molecule has 0 aliphatic rings. The summed E-state index contributed by atoms with van der Waals surface area (Å²) in [6, 6.07) is 6.84. The third-order valence-corrected chi connectivity index (χ3v) is 3.45. The van der Waals surface area contributed by atoms with E-state index in [1.54, 1.807) is 30.5 Å². The van der Waals surface area contributed by atoms with Gasteiger partial charge < -0.3 is 5.32 Å². The maximum atomic E-state index is 12.2. The monoisotopic (exact) mass is 353 g/mol. The average molecular weight is 355 g/mol. The number of rotatable bonds is 4. The van der Waals surface area contributed by atoms with Crippen LogP contribution in [-0.2, 0) is 6.42 Å². The van der Waals surface area contributed by atoms with Gasteiger partial charge in [0.1, 0.15) is 9.76 Å². The standard InChI is InChI=1S/C14H13BrClN3O/c1-2-4-10-7-9(8-12(16)18-10)14(20)19-11-5-3-6-17-13(11)15/h3,5-8H,2,4H2,1H3,(H,19,20). The molecule has 0 fully saturated rings. The van der Waals surface area contributed by atoms with Gasteiger partial charge in [-0.2, -0.15) is 0 Å². The molecule has 0 aliphatic carbocycles. The molecule has 1 amide bonds. The number of hydrogen-bond donors (Lipinski definition) is 1. The second-order valence-electron chi connectivity index (χ2n) is 4.22. The molecule has 0 atom stereocenters. The van der Waals surface area contributed by atoms with Crippen LogP contribution >= 0.6 is 27.5 Å². The summed E-state index contributed by atoms with van der Waals surface area (Å²) in [5.41, 5.74) is 1.92. The molecule has 1 N–H and O–H groups in total. The third kappa shape index (κ3) is 3.77. The molecule has 0 bridgehead atoms. The number of halogens is 2.